The lowest BCUT2D eigenvalue weighted by molar-refractivity contribution is -0.113. The first-order valence-electron chi connectivity index (χ1n) is 10.1. The van der Waals surface area contributed by atoms with Gasteiger partial charge in [0.1, 0.15) is 0 Å². The van der Waals surface area contributed by atoms with Crippen LogP contribution in [0, 0.1) is 0 Å². The largest absolute Gasteiger partial charge is 0.378 e. The van der Waals surface area contributed by atoms with Crippen molar-refractivity contribution in [3.8, 4) is 0 Å². The average Bonchev–Trinajstić information content (AvgIpc) is 2.71. The normalized spacial score (nSPS) is 17.8. The molecule has 3 rings (SSSR count). The van der Waals surface area contributed by atoms with Crippen molar-refractivity contribution >= 4 is 29.3 Å². The smallest absolute Gasteiger partial charge is 0.187 e. The average molecular weight is 390 g/mol. The number of likely N-dealkylation sites (tertiary alicyclic amines) is 1. The van der Waals surface area contributed by atoms with Crippen molar-refractivity contribution in [2.75, 3.05) is 57.6 Å². The van der Waals surface area contributed by atoms with Crippen molar-refractivity contribution in [2.45, 2.75) is 6.92 Å². The minimum atomic E-state index is 0.156. The molecule has 152 valence electrons. The fourth-order valence-electron chi connectivity index (χ4n) is 3.47. The first-order valence-corrected chi connectivity index (χ1v) is 10.1. The molecule has 2 aromatic carbocycles. The van der Waals surface area contributed by atoms with Gasteiger partial charge in [-0.2, -0.15) is 0 Å². The van der Waals surface area contributed by atoms with Gasteiger partial charge in [-0.05, 0) is 54.1 Å². The van der Waals surface area contributed by atoms with E-state index in [1.165, 1.54) is 0 Å². The van der Waals surface area contributed by atoms with Crippen LogP contribution in [-0.2, 0) is 4.79 Å². The van der Waals surface area contributed by atoms with Gasteiger partial charge in [0.2, 0.25) is 0 Å². The van der Waals surface area contributed by atoms with Gasteiger partial charge in [-0.25, -0.2) is 0 Å². The molecule has 1 aliphatic heterocycles. The van der Waals surface area contributed by atoms with Gasteiger partial charge in [0, 0.05) is 63.8 Å². The third-order valence-corrected chi connectivity index (χ3v) is 5.32. The van der Waals surface area contributed by atoms with Gasteiger partial charge in [0.15, 0.2) is 5.78 Å². The number of hydrogen-bond acceptors (Lipinski definition) is 4. The summed E-state index contributed by atoms with van der Waals surface area (Å²) in [6, 6.07) is 16.6. The number of carbonyl (C=O) groups excluding carboxylic acids is 1. The van der Waals surface area contributed by atoms with Crippen LogP contribution in [0.4, 0.5) is 11.4 Å². The fraction of sp³-hybridized carbons (Fsp3) is 0.320. The summed E-state index contributed by atoms with van der Waals surface area (Å²) in [5, 5.41) is 0. The van der Waals surface area contributed by atoms with Crippen molar-refractivity contribution < 1.29 is 4.79 Å². The maximum Gasteiger partial charge on any atom is 0.187 e. The molecule has 1 saturated heterocycles. The van der Waals surface area contributed by atoms with Crippen molar-refractivity contribution in [1.82, 2.24) is 4.90 Å². The third kappa shape index (κ3) is 5.15. The second kappa shape index (κ2) is 9.10. The highest BCUT2D eigenvalue weighted by Gasteiger charge is 2.25. The molecule has 1 aliphatic rings. The van der Waals surface area contributed by atoms with Crippen molar-refractivity contribution in [1.29, 1.82) is 0 Å². The molecule has 0 radical (unpaired) electrons. The highest BCUT2D eigenvalue weighted by Crippen LogP contribution is 2.23. The maximum atomic E-state index is 13.2. The first kappa shape index (κ1) is 20.9. The first-order chi connectivity index (χ1) is 13.9. The second-order valence-electron chi connectivity index (χ2n) is 7.94. The van der Waals surface area contributed by atoms with E-state index in [0.717, 1.165) is 40.2 Å². The molecule has 0 unspecified atom stereocenters. The molecule has 0 N–H and O–H groups in total. The number of rotatable bonds is 5. The molecule has 0 bridgehead atoms. The Hall–Kier alpha value is -2.85. The van der Waals surface area contributed by atoms with Gasteiger partial charge >= 0.3 is 0 Å². The van der Waals surface area contributed by atoms with E-state index in [4.69, 9.17) is 0 Å². The fourth-order valence-corrected chi connectivity index (χ4v) is 3.47. The molecule has 0 aromatic heterocycles. The highest BCUT2D eigenvalue weighted by molar-refractivity contribution is 6.14. The number of nitrogens with zero attached hydrogens (tertiary/aromatic N) is 3. The lowest BCUT2D eigenvalue weighted by Crippen LogP contribution is -2.37. The van der Waals surface area contributed by atoms with Crippen LogP contribution in [0.5, 0.6) is 0 Å². The van der Waals surface area contributed by atoms with E-state index in [-0.39, 0.29) is 5.78 Å². The monoisotopic (exact) mass is 389 g/mol. The summed E-state index contributed by atoms with van der Waals surface area (Å²) < 4.78 is 0. The molecule has 0 aliphatic carbocycles. The minimum absolute atomic E-state index is 0.156. The number of likely N-dealkylation sites (N-methyl/N-ethyl adjacent to an activating group) is 1. The van der Waals surface area contributed by atoms with Gasteiger partial charge in [-0.3, -0.25) is 9.69 Å². The molecule has 0 atom stereocenters. The van der Waals surface area contributed by atoms with E-state index in [0.29, 0.717) is 13.1 Å². The molecule has 1 fully saturated rings. The lowest BCUT2D eigenvalue weighted by atomic mass is 9.94. The SMILES string of the molecule is CCN1CC(=Cc2ccc(N(C)C)cc2)C(=O)C(=Cc2ccc(N(C)C)cc2)C1. The Morgan fingerprint density at radius 1 is 0.759 bits per heavy atom. The van der Waals surface area contributed by atoms with E-state index in [9.17, 15) is 4.79 Å². The Balaban J connectivity index is 1.88. The van der Waals surface area contributed by atoms with Gasteiger partial charge in [0.25, 0.3) is 0 Å². The van der Waals surface area contributed by atoms with Gasteiger partial charge in [-0.1, -0.05) is 31.2 Å². The lowest BCUT2D eigenvalue weighted by Gasteiger charge is -2.28. The molecule has 2 aromatic rings. The van der Waals surface area contributed by atoms with Crippen LogP contribution in [0.25, 0.3) is 12.2 Å². The summed E-state index contributed by atoms with van der Waals surface area (Å²) in [5.41, 5.74) is 6.13. The van der Waals surface area contributed by atoms with Gasteiger partial charge in [0.05, 0.1) is 0 Å². The summed E-state index contributed by atoms with van der Waals surface area (Å²) >= 11 is 0. The number of piperidine rings is 1. The topological polar surface area (TPSA) is 26.8 Å². The second-order valence-corrected chi connectivity index (χ2v) is 7.94. The standard InChI is InChI=1S/C25H31N3O/c1-6-28-17-21(15-19-7-11-23(12-8-19)26(2)3)25(29)22(18-28)16-20-9-13-24(14-10-20)27(4)5/h7-16H,6,17-18H2,1-5H3. The zero-order valence-corrected chi connectivity index (χ0v) is 18.1. The van der Waals surface area contributed by atoms with Crippen LogP contribution in [0.3, 0.4) is 0 Å². The van der Waals surface area contributed by atoms with E-state index in [1.807, 2.05) is 40.3 Å². The van der Waals surface area contributed by atoms with Crippen LogP contribution in [0.1, 0.15) is 18.1 Å². The molecule has 4 nitrogen and oxygen atoms in total. The van der Waals surface area contributed by atoms with E-state index < -0.39 is 0 Å². The number of benzene rings is 2. The number of anilines is 2. The number of hydrogen-bond donors (Lipinski definition) is 0. The van der Waals surface area contributed by atoms with Crippen LogP contribution < -0.4 is 9.80 Å². The molecule has 0 saturated carbocycles. The third-order valence-electron chi connectivity index (χ3n) is 5.32. The summed E-state index contributed by atoms with van der Waals surface area (Å²) in [6.07, 6.45) is 4.07. The summed E-state index contributed by atoms with van der Waals surface area (Å²) in [6.45, 7) is 4.45. The van der Waals surface area contributed by atoms with Crippen LogP contribution in [-0.4, -0.2) is 58.5 Å². The van der Waals surface area contributed by atoms with Gasteiger partial charge < -0.3 is 9.80 Å². The van der Waals surface area contributed by atoms with Crippen LogP contribution in [0.2, 0.25) is 0 Å². The van der Waals surface area contributed by atoms with Crippen molar-refractivity contribution in [3.05, 3.63) is 70.8 Å². The van der Waals surface area contributed by atoms with Crippen LogP contribution in [0.15, 0.2) is 59.7 Å². The van der Waals surface area contributed by atoms with E-state index >= 15 is 0 Å². The van der Waals surface area contributed by atoms with Crippen molar-refractivity contribution in [2.24, 2.45) is 0 Å². The molecular formula is C25H31N3O. The van der Waals surface area contributed by atoms with E-state index in [2.05, 4.69) is 70.2 Å². The Kier molecular flexibility index (Phi) is 6.55. The maximum absolute atomic E-state index is 13.2. The molecule has 29 heavy (non-hydrogen) atoms. The Morgan fingerprint density at radius 2 is 1.14 bits per heavy atom. The molecule has 4 heteroatoms. The predicted molar refractivity (Wildman–Crippen MR) is 125 cm³/mol. The molecule has 0 amide bonds. The highest BCUT2D eigenvalue weighted by atomic mass is 16.1. The zero-order valence-electron chi connectivity index (χ0n) is 18.1. The minimum Gasteiger partial charge on any atom is -0.378 e. The Bertz CT molecular complexity index is 833. The van der Waals surface area contributed by atoms with Crippen LogP contribution >= 0.6 is 0 Å². The number of carbonyl (C=O) groups is 1. The van der Waals surface area contributed by atoms with Gasteiger partial charge in [-0.15, -0.1) is 0 Å². The summed E-state index contributed by atoms with van der Waals surface area (Å²) in [5.74, 6) is 0.156. The molecular weight excluding hydrogens is 358 g/mol. The van der Waals surface area contributed by atoms with E-state index in [1.54, 1.807) is 0 Å². The van der Waals surface area contributed by atoms with Crippen molar-refractivity contribution in [3.63, 3.8) is 0 Å². The Morgan fingerprint density at radius 3 is 1.45 bits per heavy atom. The Labute approximate surface area is 174 Å². The molecule has 1 heterocycles. The predicted octanol–water partition coefficient (Wildman–Crippen LogP) is 4.19. The summed E-state index contributed by atoms with van der Waals surface area (Å²) in [4.78, 5) is 19.6. The quantitative estimate of drug-likeness (QED) is 0.717. The number of ketones is 1. The summed E-state index contributed by atoms with van der Waals surface area (Å²) in [7, 11) is 8.11. The molecule has 0 spiro atoms. The zero-order chi connectivity index (χ0) is 21.0. The number of Topliss-reactive ketones (excluding diaryl/α,β-unsaturated/α-hetero) is 1.